The second-order valence-corrected chi connectivity index (χ2v) is 7.69. The van der Waals surface area contributed by atoms with Crippen LogP contribution in [-0.4, -0.2) is 24.4 Å². The smallest absolute Gasteiger partial charge is 0.371 e. The summed E-state index contributed by atoms with van der Waals surface area (Å²) in [6.07, 6.45) is -7.31. The second kappa shape index (κ2) is 9.31. The average molecular weight is 461 g/mol. The van der Waals surface area contributed by atoms with Crippen LogP contribution >= 0.6 is 0 Å². The minimum absolute atomic E-state index is 0.0427. The Morgan fingerprint density at radius 2 is 1.88 bits per heavy atom. The molecule has 1 N–H and O–H groups in total. The summed E-state index contributed by atoms with van der Waals surface area (Å²) in [5.74, 6) is 0.216. The van der Waals surface area contributed by atoms with Crippen LogP contribution in [0.15, 0.2) is 40.7 Å². The Labute approximate surface area is 180 Å². The highest BCUT2D eigenvalue weighted by molar-refractivity contribution is 5.74. The van der Waals surface area contributed by atoms with Crippen LogP contribution < -0.4 is 10.4 Å². The van der Waals surface area contributed by atoms with Crippen molar-refractivity contribution in [2.24, 2.45) is 16.1 Å². The first-order chi connectivity index (χ1) is 14.9. The Hall–Kier alpha value is -2.89. The topological polar surface area (TPSA) is 62.1 Å². The number of hydrogen-bond acceptors (Lipinski definition) is 6. The highest BCUT2D eigenvalue weighted by Gasteiger charge is 2.32. The van der Waals surface area contributed by atoms with Gasteiger partial charge in [-0.15, -0.1) is 23.4 Å². The van der Waals surface area contributed by atoms with Crippen molar-refractivity contribution in [2.45, 2.75) is 39.2 Å². The molecular formula is C20H21F6N5O. The highest BCUT2D eigenvalue weighted by Crippen LogP contribution is 2.38. The molecule has 0 amide bonds. The van der Waals surface area contributed by atoms with E-state index in [0.717, 1.165) is 42.9 Å². The SMILES string of the molecule is CC(C)CN1CCCc2cc(N=Nc3ccc(C(F)(F)F)cn3)c(NOC(F)(F)F)cc21. The predicted octanol–water partition coefficient (Wildman–Crippen LogP) is 6.79. The number of alkyl halides is 6. The van der Waals surface area contributed by atoms with Gasteiger partial charge in [-0.2, -0.15) is 18.0 Å². The molecule has 0 saturated carbocycles. The van der Waals surface area contributed by atoms with Gasteiger partial charge in [0.2, 0.25) is 0 Å². The molecule has 0 fully saturated rings. The predicted molar refractivity (Wildman–Crippen MR) is 106 cm³/mol. The van der Waals surface area contributed by atoms with Crippen LogP contribution in [0, 0.1) is 5.92 Å². The summed E-state index contributed by atoms with van der Waals surface area (Å²) in [7, 11) is 0. The van der Waals surface area contributed by atoms with Crippen LogP contribution in [0.3, 0.4) is 0 Å². The summed E-state index contributed by atoms with van der Waals surface area (Å²) in [5.41, 5.74) is 2.53. The number of nitrogens with zero attached hydrogens (tertiary/aromatic N) is 4. The molecule has 12 heteroatoms. The fourth-order valence-corrected chi connectivity index (χ4v) is 3.32. The first kappa shape index (κ1) is 23.8. The minimum atomic E-state index is -4.93. The van der Waals surface area contributed by atoms with E-state index in [0.29, 0.717) is 18.5 Å². The monoisotopic (exact) mass is 461 g/mol. The van der Waals surface area contributed by atoms with Gasteiger partial charge in [-0.1, -0.05) is 13.8 Å². The minimum Gasteiger partial charge on any atom is -0.371 e. The van der Waals surface area contributed by atoms with Crippen molar-refractivity contribution in [3.8, 4) is 0 Å². The quantitative estimate of drug-likeness (QED) is 0.292. The lowest BCUT2D eigenvalue weighted by molar-refractivity contribution is -0.311. The summed E-state index contributed by atoms with van der Waals surface area (Å²) in [6, 6.07) is 4.92. The van der Waals surface area contributed by atoms with Crippen LogP contribution in [0.1, 0.15) is 31.4 Å². The van der Waals surface area contributed by atoms with E-state index < -0.39 is 18.1 Å². The van der Waals surface area contributed by atoms with Crippen LogP contribution in [0.25, 0.3) is 0 Å². The number of nitrogens with one attached hydrogen (secondary N) is 1. The zero-order chi connectivity index (χ0) is 23.5. The zero-order valence-corrected chi connectivity index (χ0v) is 17.3. The Morgan fingerprint density at radius 3 is 2.47 bits per heavy atom. The van der Waals surface area contributed by atoms with Crippen molar-refractivity contribution in [1.29, 1.82) is 0 Å². The number of halogens is 6. The zero-order valence-electron chi connectivity index (χ0n) is 17.3. The van der Waals surface area contributed by atoms with Gasteiger partial charge in [-0.05, 0) is 48.6 Å². The van der Waals surface area contributed by atoms with Crippen molar-refractivity contribution >= 4 is 22.9 Å². The molecule has 1 aromatic heterocycles. The lowest BCUT2D eigenvalue weighted by Crippen LogP contribution is -2.32. The van der Waals surface area contributed by atoms with Gasteiger partial charge >= 0.3 is 12.5 Å². The van der Waals surface area contributed by atoms with Crippen molar-refractivity contribution in [3.05, 3.63) is 41.6 Å². The standard InChI is InChI=1S/C20H21F6N5O/c1-12(2)11-31-7-3-4-13-8-15(16(9-17(13)31)30-32-20(24,25)26)28-29-18-6-5-14(10-27-18)19(21,22)23/h5-6,8-10,12,30H,3-4,7,11H2,1-2H3. The number of pyridine rings is 1. The largest absolute Gasteiger partial charge is 0.543 e. The number of aromatic nitrogens is 1. The number of rotatable bonds is 6. The average Bonchev–Trinajstić information content (AvgIpc) is 2.69. The molecule has 1 aromatic carbocycles. The Bertz CT molecular complexity index is 957. The van der Waals surface area contributed by atoms with Gasteiger partial charge in [-0.3, -0.25) is 5.48 Å². The van der Waals surface area contributed by atoms with Gasteiger partial charge in [0.25, 0.3) is 0 Å². The van der Waals surface area contributed by atoms with E-state index in [-0.39, 0.29) is 17.2 Å². The number of aryl methyl sites for hydroxylation is 1. The normalized spacial score (nSPS) is 14.8. The summed E-state index contributed by atoms with van der Waals surface area (Å²) < 4.78 is 75.8. The van der Waals surface area contributed by atoms with Crippen molar-refractivity contribution < 1.29 is 31.2 Å². The number of fused-ring (bicyclic) bond motifs is 1. The molecule has 0 unspecified atom stereocenters. The number of hydrogen-bond donors (Lipinski definition) is 1. The summed E-state index contributed by atoms with van der Waals surface area (Å²) >= 11 is 0. The molecule has 0 atom stereocenters. The van der Waals surface area contributed by atoms with Gasteiger partial charge in [0.1, 0.15) is 5.69 Å². The molecule has 3 rings (SSSR count). The van der Waals surface area contributed by atoms with Crippen LogP contribution in [-0.2, 0) is 17.4 Å². The number of anilines is 2. The maximum atomic E-state index is 12.7. The third kappa shape index (κ3) is 6.31. The van der Waals surface area contributed by atoms with Gasteiger partial charge in [0, 0.05) is 25.0 Å². The molecule has 174 valence electrons. The van der Waals surface area contributed by atoms with Crippen molar-refractivity contribution in [1.82, 2.24) is 4.98 Å². The first-order valence-electron chi connectivity index (χ1n) is 9.80. The van der Waals surface area contributed by atoms with E-state index in [1.165, 1.54) is 6.07 Å². The van der Waals surface area contributed by atoms with Gasteiger partial charge in [-0.25, -0.2) is 4.98 Å². The molecule has 0 aliphatic carbocycles. The van der Waals surface area contributed by atoms with E-state index in [1.54, 1.807) is 6.07 Å². The number of benzene rings is 1. The van der Waals surface area contributed by atoms with E-state index in [1.807, 2.05) is 19.3 Å². The Morgan fingerprint density at radius 1 is 1.12 bits per heavy atom. The first-order valence-corrected chi connectivity index (χ1v) is 9.80. The molecule has 1 aliphatic heterocycles. The molecule has 2 heterocycles. The highest BCUT2D eigenvalue weighted by atomic mass is 19.4. The summed E-state index contributed by atoms with van der Waals surface area (Å²) in [4.78, 5) is 9.43. The molecule has 0 radical (unpaired) electrons. The Kier molecular flexibility index (Phi) is 6.91. The Balaban J connectivity index is 1.93. The van der Waals surface area contributed by atoms with Crippen molar-refractivity contribution in [3.63, 3.8) is 0 Å². The second-order valence-electron chi connectivity index (χ2n) is 7.69. The molecule has 0 bridgehead atoms. The maximum Gasteiger partial charge on any atom is 0.543 e. The molecule has 0 saturated heterocycles. The molecule has 2 aromatic rings. The van der Waals surface area contributed by atoms with Gasteiger partial charge < -0.3 is 4.90 Å². The molecule has 0 spiro atoms. The summed E-state index contributed by atoms with van der Waals surface area (Å²) in [6.45, 7) is 5.57. The van der Waals surface area contributed by atoms with E-state index >= 15 is 0 Å². The van der Waals surface area contributed by atoms with E-state index in [4.69, 9.17) is 0 Å². The van der Waals surface area contributed by atoms with E-state index in [2.05, 4.69) is 24.9 Å². The lowest BCUT2D eigenvalue weighted by Gasteiger charge is -2.33. The van der Waals surface area contributed by atoms with Crippen LogP contribution in [0.2, 0.25) is 0 Å². The van der Waals surface area contributed by atoms with Crippen molar-refractivity contribution in [2.75, 3.05) is 23.5 Å². The number of azo groups is 1. The van der Waals surface area contributed by atoms with Crippen LogP contribution in [0.5, 0.6) is 0 Å². The summed E-state index contributed by atoms with van der Waals surface area (Å²) in [5, 5.41) is 7.69. The molecular weight excluding hydrogens is 440 g/mol. The fourth-order valence-electron chi connectivity index (χ4n) is 3.32. The lowest BCUT2D eigenvalue weighted by atomic mass is 9.99. The van der Waals surface area contributed by atoms with Gasteiger partial charge in [0.15, 0.2) is 5.82 Å². The fraction of sp³-hybridized carbons (Fsp3) is 0.450. The molecule has 1 aliphatic rings. The van der Waals surface area contributed by atoms with Crippen LogP contribution in [0.4, 0.5) is 49.2 Å². The van der Waals surface area contributed by atoms with E-state index in [9.17, 15) is 26.3 Å². The maximum absolute atomic E-state index is 12.7. The third-order valence-electron chi connectivity index (χ3n) is 4.61. The van der Waals surface area contributed by atoms with Gasteiger partial charge in [0.05, 0.1) is 11.3 Å². The molecule has 32 heavy (non-hydrogen) atoms. The third-order valence-corrected chi connectivity index (χ3v) is 4.61. The molecule has 6 nitrogen and oxygen atoms in total.